The highest BCUT2D eigenvalue weighted by Gasteiger charge is 2.48. The van der Waals surface area contributed by atoms with Gasteiger partial charge in [0.15, 0.2) is 0 Å². The van der Waals surface area contributed by atoms with Crippen molar-refractivity contribution in [2.45, 2.75) is 26.7 Å². The lowest BCUT2D eigenvalue weighted by atomic mass is 9.85. The predicted molar refractivity (Wildman–Crippen MR) is 73.8 cm³/mol. The molecule has 1 heterocycles. The molecule has 3 nitrogen and oxygen atoms in total. The van der Waals surface area contributed by atoms with E-state index >= 15 is 0 Å². The first-order valence-corrected chi connectivity index (χ1v) is 6.69. The maximum atomic E-state index is 12.5. The van der Waals surface area contributed by atoms with E-state index < -0.39 is 0 Å². The molecule has 1 saturated heterocycles. The molecule has 1 fully saturated rings. The molecular weight excluding hydrogens is 238 g/mol. The molecule has 0 N–H and O–H groups in total. The van der Waals surface area contributed by atoms with Crippen molar-refractivity contribution in [3.63, 3.8) is 0 Å². The van der Waals surface area contributed by atoms with Crippen LogP contribution in [0.4, 0.5) is 5.69 Å². The van der Waals surface area contributed by atoms with Crippen LogP contribution in [0.1, 0.15) is 24.0 Å². The van der Waals surface area contributed by atoms with Crippen molar-refractivity contribution in [3.8, 4) is 0 Å². The molecule has 0 aromatic heterocycles. The molecule has 98 valence electrons. The second kappa shape index (κ2) is 4.34. The Morgan fingerprint density at radius 2 is 1.58 bits per heavy atom. The molecule has 0 bridgehead atoms. The number of rotatable bonds is 1. The van der Waals surface area contributed by atoms with E-state index in [-0.39, 0.29) is 23.7 Å². The lowest BCUT2D eigenvalue weighted by molar-refractivity contribution is -0.122. The Kier molecular flexibility index (Phi) is 2.77. The zero-order chi connectivity index (χ0) is 13.6. The zero-order valence-corrected chi connectivity index (χ0v) is 11.2. The molecule has 0 spiro atoms. The summed E-state index contributed by atoms with van der Waals surface area (Å²) in [4.78, 5) is 26.4. The molecule has 1 aromatic rings. The van der Waals surface area contributed by atoms with E-state index in [1.54, 1.807) is 0 Å². The predicted octanol–water partition coefficient (Wildman–Crippen LogP) is 2.76. The van der Waals surface area contributed by atoms with Crippen LogP contribution in [0.15, 0.2) is 30.4 Å². The highest BCUT2D eigenvalue weighted by atomic mass is 16.2. The smallest absolute Gasteiger partial charge is 0.238 e. The summed E-state index contributed by atoms with van der Waals surface area (Å²) < 4.78 is 0. The average molecular weight is 255 g/mol. The molecule has 19 heavy (non-hydrogen) atoms. The van der Waals surface area contributed by atoms with Crippen molar-refractivity contribution in [3.05, 3.63) is 41.5 Å². The topological polar surface area (TPSA) is 37.4 Å². The van der Waals surface area contributed by atoms with Crippen LogP contribution >= 0.6 is 0 Å². The van der Waals surface area contributed by atoms with Gasteiger partial charge >= 0.3 is 0 Å². The van der Waals surface area contributed by atoms with Crippen molar-refractivity contribution in [2.75, 3.05) is 4.90 Å². The van der Waals surface area contributed by atoms with Gasteiger partial charge < -0.3 is 0 Å². The third-order valence-corrected chi connectivity index (χ3v) is 4.11. The molecular formula is C16H17NO2. The summed E-state index contributed by atoms with van der Waals surface area (Å²) in [5.41, 5.74) is 2.79. The Morgan fingerprint density at radius 1 is 1.00 bits per heavy atom. The number of allylic oxidation sites excluding steroid dienone is 2. The van der Waals surface area contributed by atoms with Gasteiger partial charge in [0, 0.05) is 0 Å². The van der Waals surface area contributed by atoms with Crippen LogP contribution in [-0.4, -0.2) is 11.8 Å². The summed E-state index contributed by atoms with van der Waals surface area (Å²) in [7, 11) is 0. The number of carbonyl (C=O) groups excluding carboxylic acids is 2. The number of anilines is 1. The first kappa shape index (κ1) is 12.2. The molecule has 0 saturated carbocycles. The summed E-state index contributed by atoms with van der Waals surface area (Å²) in [5.74, 6) is -0.379. The van der Waals surface area contributed by atoms with Gasteiger partial charge in [0.05, 0.1) is 17.5 Å². The van der Waals surface area contributed by atoms with Crippen LogP contribution in [0.2, 0.25) is 0 Å². The molecule has 2 atom stereocenters. The van der Waals surface area contributed by atoms with Crippen molar-refractivity contribution in [1.29, 1.82) is 0 Å². The number of benzene rings is 1. The van der Waals surface area contributed by atoms with Crippen LogP contribution in [-0.2, 0) is 9.59 Å². The molecule has 3 rings (SSSR count). The number of hydrogen-bond acceptors (Lipinski definition) is 2. The Labute approximate surface area is 112 Å². The number of amides is 2. The SMILES string of the molecule is Cc1ccc(C)c(N2C(=O)[C@@H]3CC=CC[C@H]3C2=O)c1. The van der Waals surface area contributed by atoms with Crippen molar-refractivity contribution in [2.24, 2.45) is 11.8 Å². The average Bonchev–Trinajstić information content (AvgIpc) is 2.66. The van der Waals surface area contributed by atoms with E-state index in [4.69, 9.17) is 0 Å². The number of hydrogen-bond donors (Lipinski definition) is 0. The maximum absolute atomic E-state index is 12.5. The summed E-state index contributed by atoms with van der Waals surface area (Å²) in [5, 5.41) is 0. The quantitative estimate of drug-likeness (QED) is 0.571. The van der Waals surface area contributed by atoms with E-state index in [1.807, 2.05) is 44.2 Å². The van der Waals surface area contributed by atoms with Crippen LogP contribution < -0.4 is 4.90 Å². The highest BCUT2D eigenvalue weighted by molar-refractivity contribution is 6.22. The Balaban J connectivity index is 2.04. The first-order valence-electron chi connectivity index (χ1n) is 6.69. The normalized spacial score (nSPS) is 25.9. The molecule has 1 aliphatic heterocycles. The fourth-order valence-electron chi connectivity index (χ4n) is 3.00. The Bertz CT molecular complexity index is 562. The molecule has 2 amide bonds. The van der Waals surface area contributed by atoms with E-state index in [9.17, 15) is 9.59 Å². The highest BCUT2D eigenvalue weighted by Crippen LogP contribution is 2.38. The largest absolute Gasteiger partial charge is 0.274 e. The monoisotopic (exact) mass is 255 g/mol. The molecule has 3 heteroatoms. The number of carbonyl (C=O) groups is 2. The van der Waals surface area contributed by atoms with Crippen LogP contribution in [0.5, 0.6) is 0 Å². The van der Waals surface area contributed by atoms with Crippen LogP contribution in [0.25, 0.3) is 0 Å². The van der Waals surface area contributed by atoms with E-state index in [1.165, 1.54) is 4.90 Å². The molecule has 0 unspecified atom stereocenters. The molecule has 0 radical (unpaired) electrons. The zero-order valence-electron chi connectivity index (χ0n) is 11.2. The third-order valence-electron chi connectivity index (χ3n) is 4.11. The third kappa shape index (κ3) is 1.81. The lowest BCUT2D eigenvalue weighted by Crippen LogP contribution is -2.31. The molecule has 2 aliphatic rings. The van der Waals surface area contributed by atoms with Gasteiger partial charge in [0.25, 0.3) is 0 Å². The fourth-order valence-corrected chi connectivity index (χ4v) is 3.00. The summed E-state index contributed by atoms with van der Waals surface area (Å²) in [6.07, 6.45) is 5.41. The molecule has 1 aliphatic carbocycles. The van der Waals surface area contributed by atoms with Gasteiger partial charge in [-0.2, -0.15) is 0 Å². The standard InChI is InChI=1S/C16H17NO2/c1-10-7-8-11(2)14(9-10)17-15(18)12-5-3-4-6-13(12)16(17)19/h3-4,7-9,12-13H,5-6H2,1-2H3/t12-,13-/m1/s1. The first-order chi connectivity index (χ1) is 9.09. The van der Waals surface area contributed by atoms with Crippen molar-refractivity contribution >= 4 is 17.5 Å². The minimum Gasteiger partial charge on any atom is -0.274 e. The number of aryl methyl sites for hydroxylation is 2. The van der Waals surface area contributed by atoms with Crippen molar-refractivity contribution in [1.82, 2.24) is 0 Å². The van der Waals surface area contributed by atoms with Gasteiger partial charge in [-0.3, -0.25) is 9.59 Å². The van der Waals surface area contributed by atoms with Crippen molar-refractivity contribution < 1.29 is 9.59 Å². The van der Waals surface area contributed by atoms with Gasteiger partial charge in [-0.1, -0.05) is 24.3 Å². The van der Waals surface area contributed by atoms with E-state index in [0.29, 0.717) is 12.8 Å². The van der Waals surface area contributed by atoms with Gasteiger partial charge in [-0.15, -0.1) is 0 Å². The van der Waals surface area contributed by atoms with Gasteiger partial charge in [0.2, 0.25) is 11.8 Å². The lowest BCUT2D eigenvalue weighted by Gasteiger charge is -2.18. The summed E-state index contributed by atoms with van der Waals surface area (Å²) in [6.45, 7) is 3.91. The molecule has 1 aromatic carbocycles. The fraction of sp³-hybridized carbons (Fsp3) is 0.375. The van der Waals surface area contributed by atoms with Gasteiger partial charge in [0.1, 0.15) is 0 Å². The Hall–Kier alpha value is -1.90. The number of nitrogens with zero attached hydrogens (tertiary/aromatic N) is 1. The maximum Gasteiger partial charge on any atom is 0.238 e. The van der Waals surface area contributed by atoms with E-state index in [0.717, 1.165) is 16.8 Å². The number of imide groups is 1. The van der Waals surface area contributed by atoms with Crippen LogP contribution in [0, 0.1) is 25.7 Å². The minimum atomic E-state index is -0.155. The second-order valence-electron chi connectivity index (χ2n) is 5.46. The summed E-state index contributed by atoms with van der Waals surface area (Å²) >= 11 is 0. The second-order valence-corrected chi connectivity index (χ2v) is 5.46. The number of fused-ring (bicyclic) bond motifs is 1. The van der Waals surface area contributed by atoms with Crippen LogP contribution in [0.3, 0.4) is 0 Å². The minimum absolute atomic E-state index is 0.0342. The van der Waals surface area contributed by atoms with Gasteiger partial charge in [-0.05, 0) is 43.9 Å². The van der Waals surface area contributed by atoms with Gasteiger partial charge in [-0.25, -0.2) is 4.90 Å². The summed E-state index contributed by atoms with van der Waals surface area (Å²) in [6, 6.07) is 5.89. The van der Waals surface area contributed by atoms with E-state index in [2.05, 4.69) is 0 Å². The Morgan fingerprint density at radius 3 is 2.16 bits per heavy atom.